The number of hydrogen-bond acceptors (Lipinski definition) is 3. The van der Waals surface area contributed by atoms with Gasteiger partial charge in [0.2, 0.25) is 0 Å². The molecular weight excluding hydrogens is 254 g/mol. The lowest BCUT2D eigenvalue weighted by atomic mass is 10.2. The van der Waals surface area contributed by atoms with E-state index in [-0.39, 0.29) is 6.04 Å². The second-order valence-corrected chi connectivity index (χ2v) is 5.26. The van der Waals surface area contributed by atoms with Gasteiger partial charge in [-0.1, -0.05) is 6.92 Å². The number of aromatic nitrogens is 3. The molecule has 2 aromatic rings. The molecule has 0 aliphatic heterocycles. The van der Waals surface area contributed by atoms with Crippen molar-refractivity contribution in [3.63, 3.8) is 0 Å². The fourth-order valence-corrected chi connectivity index (χ4v) is 3.17. The summed E-state index contributed by atoms with van der Waals surface area (Å²) in [7, 11) is 0. The van der Waals surface area contributed by atoms with Crippen molar-refractivity contribution in [2.45, 2.75) is 39.1 Å². The van der Waals surface area contributed by atoms with Gasteiger partial charge in [-0.25, -0.2) is 4.98 Å². The molecule has 2 aromatic heterocycles. The monoisotopic (exact) mass is 269 g/mol. The van der Waals surface area contributed by atoms with Crippen LogP contribution in [0.25, 0.3) is 0 Å². The van der Waals surface area contributed by atoms with Crippen LogP contribution in [0.1, 0.15) is 41.5 Å². The summed E-state index contributed by atoms with van der Waals surface area (Å²) in [5.41, 5.74) is 3.18. The van der Waals surface area contributed by atoms with Gasteiger partial charge in [0.05, 0.1) is 17.3 Å². The molecule has 0 aliphatic rings. The van der Waals surface area contributed by atoms with E-state index in [0.29, 0.717) is 5.88 Å². The first-order valence-electron chi connectivity index (χ1n) is 5.68. The van der Waals surface area contributed by atoms with Crippen molar-refractivity contribution in [3.05, 3.63) is 33.5 Å². The predicted octanol–water partition coefficient (Wildman–Crippen LogP) is 3.69. The molecule has 0 aromatic carbocycles. The fourth-order valence-electron chi connectivity index (χ4n) is 1.95. The Morgan fingerprint density at radius 1 is 1.47 bits per heavy atom. The Labute approximate surface area is 110 Å². The number of alkyl halides is 1. The summed E-state index contributed by atoms with van der Waals surface area (Å²) in [6.45, 7) is 6.25. The Morgan fingerprint density at radius 2 is 2.24 bits per heavy atom. The minimum absolute atomic E-state index is 0.227. The molecule has 2 heterocycles. The van der Waals surface area contributed by atoms with E-state index in [4.69, 9.17) is 11.6 Å². The highest BCUT2D eigenvalue weighted by atomic mass is 35.5. The van der Waals surface area contributed by atoms with Crippen LogP contribution in [-0.2, 0) is 5.88 Å². The molecule has 0 saturated carbocycles. The minimum atomic E-state index is 0.227. The normalized spacial score (nSPS) is 12.9. The quantitative estimate of drug-likeness (QED) is 0.793. The topological polar surface area (TPSA) is 30.7 Å². The zero-order chi connectivity index (χ0) is 12.4. The van der Waals surface area contributed by atoms with E-state index in [1.54, 1.807) is 11.3 Å². The molecule has 17 heavy (non-hydrogen) atoms. The van der Waals surface area contributed by atoms with Gasteiger partial charge in [-0.3, -0.25) is 4.68 Å². The largest absolute Gasteiger partial charge is 0.260 e. The van der Waals surface area contributed by atoms with Crippen molar-refractivity contribution in [1.82, 2.24) is 14.8 Å². The van der Waals surface area contributed by atoms with E-state index < -0.39 is 0 Å². The van der Waals surface area contributed by atoms with Gasteiger partial charge < -0.3 is 0 Å². The maximum atomic E-state index is 5.79. The smallest absolute Gasteiger partial charge is 0.118 e. The molecule has 2 rings (SSSR count). The van der Waals surface area contributed by atoms with Gasteiger partial charge in [0.15, 0.2) is 0 Å². The van der Waals surface area contributed by atoms with Crippen LogP contribution in [0.3, 0.4) is 0 Å². The Balaban J connectivity index is 2.36. The van der Waals surface area contributed by atoms with Crippen molar-refractivity contribution in [2.75, 3.05) is 0 Å². The molecule has 3 nitrogen and oxygen atoms in total. The molecule has 0 amide bonds. The molecule has 0 N–H and O–H groups in total. The zero-order valence-electron chi connectivity index (χ0n) is 10.3. The summed E-state index contributed by atoms with van der Waals surface area (Å²) in [6, 6.07) is 2.32. The molecule has 1 atom stereocenters. The van der Waals surface area contributed by atoms with Gasteiger partial charge >= 0.3 is 0 Å². The Kier molecular flexibility index (Phi) is 3.84. The average Bonchev–Trinajstić information content (AvgIpc) is 2.88. The van der Waals surface area contributed by atoms with Crippen LogP contribution in [-0.4, -0.2) is 14.8 Å². The van der Waals surface area contributed by atoms with E-state index in [9.17, 15) is 0 Å². The average molecular weight is 270 g/mol. The summed E-state index contributed by atoms with van der Waals surface area (Å²) in [5, 5.41) is 7.66. The molecule has 0 aliphatic carbocycles. The molecule has 0 bridgehead atoms. The van der Waals surface area contributed by atoms with Crippen molar-refractivity contribution in [1.29, 1.82) is 0 Å². The Morgan fingerprint density at radius 3 is 2.71 bits per heavy atom. The van der Waals surface area contributed by atoms with E-state index in [1.807, 2.05) is 12.3 Å². The van der Waals surface area contributed by atoms with Crippen LogP contribution >= 0.6 is 22.9 Å². The third-order valence-corrected chi connectivity index (χ3v) is 3.99. The summed E-state index contributed by atoms with van der Waals surface area (Å²) in [4.78, 5) is 4.55. The molecule has 5 heteroatoms. The summed E-state index contributed by atoms with van der Waals surface area (Å²) in [6.07, 6.45) is 0.983. The van der Waals surface area contributed by atoms with Crippen molar-refractivity contribution >= 4 is 22.9 Å². The number of halogens is 1. The van der Waals surface area contributed by atoms with Crippen molar-refractivity contribution < 1.29 is 0 Å². The summed E-state index contributed by atoms with van der Waals surface area (Å²) < 4.78 is 2.06. The van der Waals surface area contributed by atoms with Gasteiger partial charge in [-0.05, 0) is 26.3 Å². The molecule has 92 valence electrons. The van der Waals surface area contributed by atoms with Crippen LogP contribution in [0.2, 0.25) is 0 Å². The molecule has 0 spiro atoms. The van der Waals surface area contributed by atoms with Gasteiger partial charge in [-0.2, -0.15) is 5.10 Å². The summed E-state index contributed by atoms with van der Waals surface area (Å²) >= 11 is 7.45. The maximum Gasteiger partial charge on any atom is 0.118 e. The third-order valence-electron chi connectivity index (χ3n) is 2.72. The highest BCUT2D eigenvalue weighted by molar-refractivity contribution is 7.09. The van der Waals surface area contributed by atoms with Gasteiger partial charge in [0.25, 0.3) is 0 Å². The Bertz CT molecular complexity index is 504. The van der Waals surface area contributed by atoms with Crippen LogP contribution in [0, 0.1) is 13.8 Å². The number of hydrogen-bond donors (Lipinski definition) is 0. The van der Waals surface area contributed by atoms with Gasteiger partial charge in [-0.15, -0.1) is 22.9 Å². The highest BCUT2D eigenvalue weighted by Crippen LogP contribution is 2.26. The highest BCUT2D eigenvalue weighted by Gasteiger charge is 2.18. The second-order valence-electron chi connectivity index (χ2n) is 4.11. The van der Waals surface area contributed by atoms with Crippen LogP contribution < -0.4 is 0 Å². The van der Waals surface area contributed by atoms with Crippen molar-refractivity contribution in [2.24, 2.45) is 0 Å². The molecule has 0 radical (unpaired) electrons. The van der Waals surface area contributed by atoms with E-state index in [2.05, 4.69) is 34.7 Å². The third kappa shape index (κ3) is 2.53. The SMILES string of the molecule is CCC(c1nc(CCl)cs1)n1nc(C)cc1C. The molecule has 0 fully saturated rings. The lowest BCUT2D eigenvalue weighted by Gasteiger charge is -2.14. The maximum absolute atomic E-state index is 5.79. The van der Waals surface area contributed by atoms with Crippen LogP contribution in [0.4, 0.5) is 0 Å². The van der Waals surface area contributed by atoms with E-state index in [1.165, 1.54) is 5.69 Å². The lowest BCUT2D eigenvalue weighted by molar-refractivity contribution is 0.492. The van der Waals surface area contributed by atoms with E-state index >= 15 is 0 Å². The number of nitrogens with zero attached hydrogens (tertiary/aromatic N) is 3. The lowest BCUT2D eigenvalue weighted by Crippen LogP contribution is -2.12. The predicted molar refractivity (Wildman–Crippen MR) is 71.8 cm³/mol. The first kappa shape index (κ1) is 12.6. The van der Waals surface area contributed by atoms with Gasteiger partial charge in [0.1, 0.15) is 11.0 Å². The first-order chi connectivity index (χ1) is 8.15. The molecule has 1 unspecified atom stereocenters. The second kappa shape index (κ2) is 5.19. The number of thiazole rings is 1. The van der Waals surface area contributed by atoms with Crippen LogP contribution in [0.5, 0.6) is 0 Å². The minimum Gasteiger partial charge on any atom is -0.260 e. The van der Waals surface area contributed by atoms with Crippen LogP contribution in [0.15, 0.2) is 11.4 Å². The Hall–Kier alpha value is -0.870. The van der Waals surface area contributed by atoms with E-state index in [0.717, 1.165) is 22.8 Å². The van der Waals surface area contributed by atoms with Gasteiger partial charge in [0, 0.05) is 11.1 Å². The first-order valence-corrected chi connectivity index (χ1v) is 7.10. The molecular formula is C12H16ClN3S. The zero-order valence-corrected chi connectivity index (χ0v) is 11.8. The number of rotatable bonds is 4. The standard InChI is InChI=1S/C12H16ClN3S/c1-4-11(12-14-10(6-13)7-17-12)16-9(3)5-8(2)15-16/h5,7,11H,4,6H2,1-3H3. The number of aryl methyl sites for hydroxylation is 2. The fraction of sp³-hybridized carbons (Fsp3) is 0.500. The summed E-state index contributed by atoms with van der Waals surface area (Å²) in [5.74, 6) is 0.476. The van der Waals surface area contributed by atoms with Crippen molar-refractivity contribution in [3.8, 4) is 0 Å². The molecule has 0 saturated heterocycles.